The van der Waals surface area contributed by atoms with E-state index in [0.29, 0.717) is 23.0 Å². The third-order valence-corrected chi connectivity index (χ3v) is 5.08. The van der Waals surface area contributed by atoms with E-state index in [-0.39, 0.29) is 5.76 Å². The van der Waals surface area contributed by atoms with Crippen molar-refractivity contribution in [2.75, 3.05) is 19.6 Å². The molecule has 0 saturated carbocycles. The van der Waals surface area contributed by atoms with Gasteiger partial charge in [0.1, 0.15) is 22.4 Å². The molecule has 22 heavy (non-hydrogen) atoms. The molecule has 1 atom stereocenters. The van der Waals surface area contributed by atoms with Crippen LogP contribution in [-0.2, 0) is 0 Å². The molecule has 2 aromatic rings. The second-order valence-electron chi connectivity index (χ2n) is 5.90. The maximum atomic E-state index is 10.4. The van der Waals surface area contributed by atoms with Crippen molar-refractivity contribution in [1.29, 1.82) is 5.26 Å². The van der Waals surface area contributed by atoms with E-state index in [0.717, 1.165) is 29.7 Å². The van der Waals surface area contributed by atoms with Crippen LogP contribution in [0.1, 0.15) is 24.8 Å². The quantitative estimate of drug-likeness (QED) is 0.691. The number of aliphatic hydroxyl groups excluding tert-OH is 1. The van der Waals surface area contributed by atoms with E-state index in [9.17, 15) is 10.4 Å². The van der Waals surface area contributed by atoms with E-state index in [1.807, 2.05) is 24.3 Å². The highest BCUT2D eigenvalue weighted by Gasteiger charge is 2.20. The molecule has 2 heterocycles. The Kier molecular flexibility index (Phi) is 4.41. The van der Waals surface area contributed by atoms with Gasteiger partial charge in [-0.15, -0.1) is 11.3 Å². The molecule has 1 unspecified atom stereocenters. The lowest BCUT2D eigenvalue weighted by Crippen LogP contribution is -2.35. The van der Waals surface area contributed by atoms with E-state index >= 15 is 0 Å². The fraction of sp³-hybridized carbons (Fsp3) is 0.412. The Balaban J connectivity index is 1.86. The summed E-state index contributed by atoms with van der Waals surface area (Å²) in [4.78, 5) is 6.69. The summed E-state index contributed by atoms with van der Waals surface area (Å²) in [5, 5.41) is 20.4. The molecule has 1 aliphatic heterocycles. The van der Waals surface area contributed by atoms with Gasteiger partial charge in [-0.3, -0.25) is 4.90 Å². The van der Waals surface area contributed by atoms with Gasteiger partial charge in [0.05, 0.1) is 16.8 Å². The number of rotatable bonds is 3. The predicted octanol–water partition coefficient (Wildman–Crippen LogP) is 3.82. The molecule has 3 rings (SSSR count). The second kappa shape index (κ2) is 6.47. The summed E-state index contributed by atoms with van der Waals surface area (Å²) < 4.78 is 1.03. The molecule has 0 spiro atoms. The summed E-state index contributed by atoms with van der Waals surface area (Å²) in [5.74, 6) is 0.783. The van der Waals surface area contributed by atoms with Crippen molar-refractivity contribution < 1.29 is 5.11 Å². The Labute approximate surface area is 134 Å². The smallest absolute Gasteiger partial charge is 0.138 e. The van der Waals surface area contributed by atoms with Crippen LogP contribution in [0.15, 0.2) is 30.0 Å². The van der Waals surface area contributed by atoms with E-state index in [1.165, 1.54) is 17.8 Å². The van der Waals surface area contributed by atoms with Gasteiger partial charge in [0.25, 0.3) is 0 Å². The molecular weight excluding hydrogens is 294 g/mol. The lowest BCUT2D eigenvalue weighted by Gasteiger charge is -2.30. The van der Waals surface area contributed by atoms with Crippen LogP contribution in [0.5, 0.6) is 0 Å². The number of thiazole rings is 1. The number of hydrogen-bond donors (Lipinski definition) is 1. The number of allylic oxidation sites excluding steroid dienone is 1. The van der Waals surface area contributed by atoms with Gasteiger partial charge in [0.15, 0.2) is 0 Å². The lowest BCUT2D eigenvalue weighted by atomic mass is 10.0. The van der Waals surface area contributed by atoms with Crippen molar-refractivity contribution in [1.82, 2.24) is 9.88 Å². The Morgan fingerprint density at radius 1 is 1.50 bits per heavy atom. The molecule has 0 bridgehead atoms. The van der Waals surface area contributed by atoms with Gasteiger partial charge >= 0.3 is 0 Å². The summed E-state index contributed by atoms with van der Waals surface area (Å²) in [6.07, 6.45) is 2.39. The Morgan fingerprint density at radius 3 is 3.05 bits per heavy atom. The third kappa shape index (κ3) is 3.13. The van der Waals surface area contributed by atoms with Crippen LogP contribution in [0.2, 0.25) is 0 Å². The second-order valence-corrected chi connectivity index (χ2v) is 6.93. The largest absolute Gasteiger partial charge is 0.509 e. The van der Waals surface area contributed by atoms with Crippen molar-refractivity contribution in [3.05, 3.63) is 35.0 Å². The molecule has 0 radical (unpaired) electrons. The number of fused-ring (bicyclic) bond motifs is 1. The first-order valence-electron chi connectivity index (χ1n) is 7.58. The number of likely N-dealkylation sites (tertiary alicyclic amines) is 1. The molecular formula is C17H19N3OS. The Morgan fingerprint density at radius 2 is 2.32 bits per heavy atom. The molecule has 4 nitrogen and oxygen atoms in total. The van der Waals surface area contributed by atoms with Crippen LogP contribution in [-0.4, -0.2) is 34.6 Å². The Bertz CT molecular complexity index is 711. The maximum Gasteiger partial charge on any atom is 0.138 e. The van der Waals surface area contributed by atoms with E-state index in [4.69, 9.17) is 0 Å². The SMILES string of the molecule is CC1CCCN(C/C(O)=C(\C#N)c2nc3ccccc3s2)C1. The zero-order chi connectivity index (χ0) is 15.5. The predicted molar refractivity (Wildman–Crippen MR) is 89.6 cm³/mol. The van der Waals surface area contributed by atoms with Crippen molar-refractivity contribution in [3.63, 3.8) is 0 Å². The van der Waals surface area contributed by atoms with Gasteiger partial charge in [0.2, 0.25) is 0 Å². The lowest BCUT2D eigenvalue weighted by molar-refractivity contribution is 0.177. The first kappa shape index (κ1) is 15.0. The van der Waals surface area contributed by atoms with Gasteiger partial charge in [-0.1, -0.05) is 19.1 Å². The normalized spacial score (nSPS) is 20.6. The number of nitrogens with zero attached hydrogens (tertiary/aromatic N) is 3. The van der Waals surface area contributed by atoms with Gasteiger partial charge in [-0.05, 0) is 37.4 Å². The van der Waals surface area contributed by atoms with Crippen molar-refractivity contribution in [3.8, 4) is 6.07 Å². The summed E-state index contributed by atoms with van der Waals surface area (Å²) in [6, 6.07) is 9.92. The standard InChI is InChI=1S/C17H19N3OS/c1-12-5-4-8-20(10-12)11-15(21)13(9-18)17-19-14-6-2-3-7-16(14)22-17/h2-3,6-7,12,21H,4-5,8,10-11H2,1H3/b15-13-. The summed E-state index contributed by atoms with van der Waals surface area (Å²) in [5.41, 5.74) is 1.18. The summed E-state index contributed by atoms with van der Waals surface area (Å²) in [6.45, 7) is 4.62. The van der Waals surface area contributed by atoms with Gasteiger partial charge in [-0.25, -0.2) is 4.98 Å². The third-order valence-electron chi connectivity index (χ3n) is 4.02. The van der Waals surface area contributed by atoms with Gasteiger partial charge in [0, 0.05) is 6.54 Å². The average molecular weight is 313 g/mol. The number of para-hydroxylation sites is 1. The highest BCUT2D eigenvalue weighted by molar-refractivity contribution is 7.19. The number of hydrogen-bond acceptors (Lipinski definition) is 5. The Hall–Kier alpha value is -1.90. The molecule has 1 saturated heterocycles. The van der Waals surface area contributed by atoms with Crippen LogP contribution >= 0.6 is 11.3 Å². The van der Waals surface area contributed by atoms with E-state index < -0.39 is 0 Å². The van der Waals surface area contributed by atoms with Crippen LogP contribution < -0.4 is 0 Å². The molecule has 1 aromatic heterocycles. The van der Waals surface area contributed by atoms with Crippen molar-refractivity contribution in [2.24, 2.45) is 5.92 Å². The fourth-order valence-electron chi connectivity index (χ4n) is 2.94. The first-order chi connectivity index (χ1) is 10.7. The van der Waals surface area contributed by atoms with E-state index in [2.05, 4.69) is 22.9 Å². The average Bonchev–Trinajstić information content (AvgIpc) is 2.91. The van der Waals surface area contributed by atoms with E-state index in [1.54, 1.807) is 0 Å². The van der Waals surface area contributed by atoms with Crippen LogP contribution in [0.3, 0.4) is 0 Å². The molecule has 1 fully saturated rings. The molecule has 0 amide bonds. The van der Waals surface area contributed by atoms with Crippen LogP contribution in [0.4, 0.5) is 0 Å². The van der Waals surface area contributed by atoms with Gasteiger partial charge < -0.3 is 5.11 Å². The molecule has 1 aromatic carbocycles. The van der Waals surface area contributed by atoms with Gasteiger partial charge in [-0.2, -0.15) is 5.26 Å². The summed E-state index contributed by atoms with van der Waals surface area (Å²) in [7, 11) is 0. The highest BCUT2D eigenvalue weighted by atomic mass is 32.1. The number of benzene rings is 1. The molecule has 0 aliphatic carbocycles. The number of aliphatic hydroxyl groups is 1. The molecule has 1 N–H and O–H groups in total. The molecule has 5 heteroatoms. The minimum absolute atomic E-state index is 0.135. The minimum atomic E-state index is 0.135. The highest BCUT2D eigenvalue weighted by Crippen LogP contribution is 2.28. The van der Waals surface area contributed by atoms with Crippen LogP contribution in [0, 0.1) is 17.2 Å². The maximum absolute atomic E-state index is 10.4. The van der Waals surface area contributed by atoms with Crippen LogP contribution in [0.25, 0.3) is 15.8 Å². The zero-order valence-electron chi connectivity index (χ0n) is 12.6. The van der Waals surface area contributed by atoms with Crippen molar-refractivity contribution >= 4 is 27.1 Å². The number of nitriles is 1. The molecule has 114 valence electrons. The fourth-order valence-corrected chi connectivity index (χ4v) is 3.92. The minimum Gasteiger partial charge on any atom is -0.509 e. The number of aromatic nitrogens is 1. The first-order valence-corrected chi connectivity index (χ1v) is 8.39. The number of piperidine rings is 1. The van der Waals surface area contributed by atoms with Crippen molar-refractivity contribution in [2.45, 2.75) is 19.8 Å². The monoisotopic (exact) mass is 313 g/mol. The molecule has 1 aliphatic rings. The summed E-state index contributed by atoms with van der Waals surface area (Å²) >= 11 is 1.45. The zero-order valence-corrected chi connectivity index (χ0v) is 13.4. The topological polar surface area (TPSA) is 60.1 Å².